The normalized spacial score (nSPS) is 12.5. The molecule has 2 heteroatoms. The van der Waals surface area contributed by atoms with E-state index in [1.54, 1.807) is 0 Å². The van der Waals surface area contributed by atoms with Crippen LogP contribution in [0.2, 0.25) is 0 Å². The Morgan fingerprint density at radius 3 is 2.73 bits per heavy atom. The SMILES string of the molecule is C=C(CC)CC(N)c1ncc(C)cc1C. The molecule has 1 rings (SSSR count). The first kappa shape index (κ1) is 11.9. The molecular weight excluding hydrogens is 184 g/mol. The van der Waals surface area contributed by atoms with Crippen molar-refractivity contribution in [3.8, 4) is 0 Å². The molecule has 0 aliphatic carbocycles. The van der Waals surface area contributed by atoms with Crippen molar-refractivity contribution < 1.29 is 0 Å². The molecule has 0 saturated heterocycles. The Morgan fingerprint density at radius 2 is 2.20 bits per heavy atom. The van der Waals surface area contributed by atoms with Crippen LogP contribution in [0.3, 0.4) is 0 Å². The van der Waals surface area contributed by atoms with Crippen molar-refractivity contribution in [1.29, 1.82) is 0 Å². The van der Waals surface area contributed by atoms with E-state index in [9.17, 15) is 0 Å². The molecular formula is C13H20N2. The zero-order chi connectivity index (χ0) is 11.4. The second-order valence-corrected chi connectivity index (χ2v) is 4.13. The first-order chi connectivity index (χ1) is 7.04. The quantitative estimate of drug-likeness (QED) is 0.765. The lowest BCUT2D eigenvalue weighted by Gasteiger charge is -2.14. The number of pyridine rings is 1. The molecule has 0 amide bonds. The molecule has 0 radical (unpaired) electrons. The summed E-state index contributed by atoms with van der Waals surface area (Å²) in [4.78, 5) is 4.40. The molecule has 1 atom stereocenters. The van der Waals surface area contributed by atoms with Gasteiger partial charge < -0.3 is 5.73 Å². The average molecular weight is 204 g/mol. The van der Waals surface area contributed by atoms with E-state index in [-0.39, 0.29) is 6.04 Å². The van der Waals surface area contributed by atoms with Gasteiger partial charge in [0.15, 0.2) is 0 Å². The van der Waals surface area contributed by atoms with Gasteiger partial charge in [0, 0.05) is 6.20 Å². The molecule has 1 heterocycles. The molecule has 1 aromatic rings. The average Bonchev–Trinajstić information content (AvgIpc) is 2.17. The molecule has 82 valence electrons. The zero-order valence-electron chi connectivity index (χ0n) is 9.88. The van der Waals surface area contributed by atoms with Gasteiger partial charge in [0.25, 0.3) is 0 Å². The van der Waals surface area contributed by atoms with Crippen molar-refractivity contribution in [2.75, 3.05) is 0 Å². The minimum Gasteiger partial charge on any atom is -0.322 e. The first-order valence-electron chi connectivity index (χ1n) is 5.40. The molecule has 0 bridgehead atoms. The van der Waals surface area contributed by atoms with Crippen LogP contribution in [0.15, 0.2) is 24.4 Å². The van der Waals surface area contributed by atoms with Crippen LogP contribution in [0.1, 0.15) is 42.6 Å². The lowest BCUT2D eigenvalue weighted by molar-refractivity contribution is 0.673. The van der Waals surface area contributed by atoms with Crippen LogP contribution in [-0.2, 0) is 0 Å². The largest absolute Gasteiger partial charge is 0.322 e. The molecule has 2 N–H and O–H groups in total. The summed E-state index contributed by atoms with van der Waals surface area (Å²) < 4.78 is 0. The van der Waals surface area contributed by atoms with Crippen molar-refractivity contribution in [3.63, 3.8) is 0 Å². The summed E-state index contributed by atoms with van der Waals surface area (Å²) in [5, 5.41) is 0. The molecule has 0 saturated carbocycles. The Bertz CT molecular complexity index is 356. The number of aryl methyl sites for hydroxylation is 2. The number of hydrogen-bond acceptors (Lipinski definition) is 2. The lowest BCUT2D eigenvalue weighted by Crippen LogP contribution is -2.14. The number of aromatic nitrogens is 1. The number of nitrogens with zero attached hydrogens (tertiary/aromatic N) is 1. The van der Waals surface area contributed by atoms with Gasteiger partial charge in [-0.15, -0.1) is 0 Å². The summed E-state index contributed by atoms with van der Waals surface area (Å²) in [6.45, 7) is 10.2. The van der Waals surface area contributed by atoms with E-state index in [0.29, 0.717) is 0 Å². The highest BCUT2D eigenvalue weighted by Gasteiger charge is 2.11. The lowest BCUT2D eigenvalue weighted by atomic mass is 10.00. The van der Waals surface area contributed by atoms with Crippen LogP contribution < -0.4 is 5.73 Å². The van der Waals surface area contributed by atoms with Crippen molar-refractivity contribution in [2.24, 2.45) is 5.73 Å². The fourth-order valence-electron chi connectivity index (χ4n) is 1.67. The standard InChI is InChI=1S/C13H20N2/c1-5-9(2)7-12(14)13-11(4)6-10(3)8-15-13/h6,8,12H,2,5,7,14H2,1,3-4H3. The predicted octanol–water partition coefficient (Wildman–Crippen LogP) is 3.05. The number of rotatable bonds is 4. The molecule has 0 aliphatic heterocycles. The van der Waals surface area contributed by atoms with Crippen LogP contribution in [-0.4, -0.2) is 4.98 Å². The fourth-order valence-corrected chi connectivity index (χ4v) is 1.67. The minimum absolute atomic E-state index is 0.0157. The van der Waals surface area contributed by atoms with Crippen molar-refractivity contribution in [3.05, 3.63) is 41.2 Å². The maximum Gasteiger partial charge on any atom is 0.0603 e. The zero-order valence-corrected chi connectivity index (χ0v) is 9.88. The maximum atomic E-state index is 6.10. The van der Waals surface area contributed by atoms with Gasteiger partial charge >= 0.3 is 0 Å². The fraction of sp³-hybridized carbons (Fsp3) is 0.462. The monoisotopic (exact) mass is 204 g/mol. The molecule has 1 unspecified atom stereocenters. The van der Waals surface area contributed by atoms with E-state index < -0.39 is 0 Å². The van der Waals surface area contributed by atoms with Gasteiger partial charge in [-0.25, -0.2) is 0 Å². The Labute approximate surface area is 92.2 Å². The smallest absolute Gasteiger partial charge is 0.0603 e. The Kier molecular flexibility index (Phi) is 4.04. The van der Waals surface area contributed by atoms with Crippen LogP contribution in [0, 0.1) is 13.8 Å². The van der Waals surface area contributed by atoms with E-state index in [1.807, 2.05) is 13.1 Å². The van der Waals surface area contributed by atoms with Crippen molar-refractivity contribution in [2.45, 2.75) is 39.7 Å². The molecule has 1 aromatic heterocycles. The summed E-state index contributed by atoms with van der Waals surface area (Å²) >= 11 is 0. The van der Waals surface area contributed by atoms with E-state index in [1.165, 1.54) is 16.7 Å². The predicted molar refractivity (Wildman–Crippen MR) is 64.7 cm³/mol. The van der Waals surface area contributed by atoms with E-state index in [0.717, 1.165) is 18.5 Å². The van der Waals surface area contributed by atoms with Gasteiger partial charge in [-0.3, -0.25) is 4.98 Å². The van der Waals surface area contributed by atoms with Gasteiger partial charge in [-0.1, -0.05) is 25.1 Å². The van der Waals surface area contributed by atoms with Gasteiger partial charge in [-0.05, 0) is 37.8 Å². The molecule has 0 fully saturated rings. The Balaban J connectivity index is 2.82. The highest BCUT2D eigenvalue weighted by molar-refractivity contribution is 5.26. The topological polar surface area (TPSA) is 38.9 Å². The molecule has 0 spiro atoms. The summed E-state index contributed by atoms with van der Waals surface area (Å²) in [5.41, 5.74) is 10.6. The maximum absolute atomic E-state index is 6.10. The summed E-state index contributed by atoms with van der Waals surface area (Å²) in [6, 6.07) is 2.11. The highest BCUT2D eigenvalue weighted by Crippen LogP contribution is 2.20. The second kappa shape index (κ2) is 5.08. The van der Waals surface area contributed by atoms with Crippen LogP contribution in [0.4, 0.5) is 0 Å². The Morgan fingerprint density at radius 1 is 1.53 bits per heavy atom. The van der Waals surface area contributed by atoms with Crippen molar-refractivity contribution in [1.82, 2.24) is 4.98 Å². The summed E-state index contributed by atoms with van der Waals surface area (Å²) in [7, 11) is 0. The summed E-state index contributed by atoms with van der Waals surface area (Å²) in [6.07, 6.45) is 3.68. The minimum atomic E-state index is -0.0157. The van der Waals surface area contributed by atoms with Gasteiger partial charge in [0.05, 0.1) is 11.7 Å². The number of nitrogens with two attached hydrogens (primary N) is 1. The van der Waals surface area contributed by atoms with E-state index in [4.69, 9.17) is 5.73 Å². The van der Waals surface area contributed by atoms with Crippen LogP contribution >= 0.6 is 0 Å². The first-order valence-corrected chi connectivity index (χ1v) is 5.40. The second-order valence-electron chi connectivity index (χ2n) is 4.13. The molecule has 15 heavy (non-hydrogen) atoms. The molecule has 0 aromatic carbocycles. The molecule has 0 aliphatic rings. The van der Waals surface area contributed by atoms with E-state index >= 15 is 0 Å². The number of hydrogen-bond donors (Lipinski definition) is 1. The van der Waals surface area contributed by atoms with Crippen molar-refractivity contribution >= 4 is 0 Å². The Hall–Kier alpha value is -1.15. The third kappa shape index (κ3) is 3.17. The van der Waals surface area contributed by atoms with E-state index in [2.05, 4.69) is 31.5 Å². The third-order valence-corrected chi connectivity index (χ3v) is 2.62. The third-order valence-electron chi connectivity index (χ3n) is 2.62. The molecule has 2 nitrogen and oxygen atoms in total. The van der Waals surface area contributed by atoms with Crippen LogP contribution in [0.5, 0.6) is 0 Å². The highest BCUT2D eigenvalue weighted by atomic mass is 14.8. The van der Waals surface area contributed by atoms with Gasteiger partial charge in [0.1, 0.15) is 0 Å². The van der Waals surface area contributed by atoms with Crippen LogP contribution in [0.25, 0.3) is 0 Å². The van der Waals surface area contributed by atoms with Gasteiger partial charge in [-0.2, -0.15) is 0 Å². The van der Waals surface area contributed by atoms with Gasteiger partial charge in [0.2, 0.25) is 0 Å². The summed E-state index contributed by atoms with van der Waals surface area (Å²) in [5.74, 6) is 0.